The fourth-order valence-electron chi connectivity index (χ4n) is 3.12. The number of hydrogen-bond acceptors (Lipinski definition) is 4. The van der Waals surface area contributed by atoms with Gasteiger partial charge in [0.15, 0.2) is 0 Å². The van der Waals surface area contributed by atoms with Crippen molar-refractivity contribution in [2.45, 2.75) is 25.3 Å². The monoisotopic (exact) mass is 295 g/mol. The molecule has 1 aromatic heterocycles. The Kier molecular flexibility index (Phi) is 3.81. The van der Waals surface area contributed by atoms with Gasteiger partial charge < -0.3 is 10.0 Å². The van der Waals surface area contributed by atoms with Gasteiger partial charge in [-0.3, -0.25) is 4.90 Å². The van der Waals surface area contributed by atoms with Crippen LogP contribution in [0.4, 0.5) is 5.82 Å². The van der Waals surface area contributed by atoms with Crippen LogP contribution in [-0.4, -0.2) is 53.2 Å². The molecule has 3 heterocycles. The molecule has 2 aliphatic heterocycles. The van der Waals surface area contributed by atoms with E-state index in [0.29, 0.717) is 11.9 Å². The summed E-state index contributed by atoms with van der Waals surface area (Å²) in [5.41, 5.74) is 0.199. The van der Waals surface area contributed by atoms with Crippen molar-refractivity contribution in [2.75, 3.05) is 31.1 Å². The van der Waals surface area contributed by atoms with Crippen LogP contribution in [0, 0.1) is 0 Å². The Labute approximate surface area is 123 Å². The number of rotatable bonds is 3. The molecule has 1 unspecified atom stereocenters. The van der Waals surface area contributed by atoms with E-state index in [1.807, 2.05) is 0 Å². The van der Waals surface area contributed by atoms with Gasteiger partial charge in [-0.2, -0.15) is 0 Å². The van der Waals surface area contributed by atoms with E-state index in [4.69, 9.17) is 16.7 Å². The van der Waals surface area contributed by atoms with Gasteiger partial charge in [-0.15, -0.1) is 0 Å². The molecule has 5 nitrogen and oxygen atoms in total. The van der Waals surface area contributed by atoms with Crippen LogP contribution >= 0.6 is 11.6 Å². The first-order chi connectivity index (χ1) is 9.63. The minimum Gasteiger partial charge on any atom is -0.478 e. The smallest absolute Gasteiger partial charge is 0.335 e. The van der Waals surface area contributed by atoms with Crippen molar-refractivity contribution in [3.8, 4) is 0 Å². The summed E-state index contributed by atoms with van der Waals surface area (Å²) in [5, 5.41) is 9.33. The van der Waals surface area contributed by atoms with Gasteiger partial charge in [0.1, 0.15) is 11.0 Å². The minimum absolute atomic E-state index is 0.199. The summed E-state index contributed by atoms with van der Waals surface area (Å²) in [6.07, 6.45) is 3.68. The Balaban J connectivity index is 1.75. The van der Waals surface area contributed by atoms with Crippen molar-refractivity contribution in [1.82, 2.24) is 9.88 Å². The molecule has 1 aromatic rings. The van der Waals surface area contributed by atoms with Gasteiger partial charge in [0.05, 0.1) is 5.56 Å². The van der Waals surface area contributed by atoms with Gasteiger partial charge in [0.25, 0.3) is 0 Å². The predicted molar refractivity (Wildman–Crippen MR) is 77.6 cm³/mol. The number of anilines is 1. The summed E-state index contributed by atoms with van der Waals surface area (Å²) in [6.45, 7) is 4.18. The first kappa shape index (κ1) is 13.6. The Morgan fingerprint density at radius 1 is 1.30 bits per heavy atom. The quantitative estimate of drug-likeness (QED) is 0.866. The van der Waals surface area contributed by atoms with Gasteiger partial charge in [-0.1, -0.05) is 11.6 Å². The number of hydrogen-bond donors (Lipinski definition) is 1. The first-order valence-electron chi connectivity index (χ1n) is 7.03. The molecule has 1 atom stereocenters. The number of aromatic carboxylic acids is 1. The molecule has 2 saturated heterocycles. The van der Waals surface area contributed by atoms with Gasteiger partial charge in [0.2, 0.25) is 0 Å². The van der Waals surface area contributed by atoms with E-state index in [1.165, 1.54) is 32.0 Å². The van der Waals surface area contributed by atoms with Gasteiger partial charge in [0, 0.05) is 19.1 Å². The van der Waals surface area contributed by atoms with E-state index in [2.05, 4.69) is 14.8 Å². The highest BCUT2D eigenvalue weighted by atomic mass is 35.5. The lowest BCUT2D eigenvalue weighted by Gasteiger charge is -2.24. The molecule has 3 rings (SSSR count). The number of halogens is 1. The van der Waals surface area contributed by atoms with Crippen LogP contribution in [-0.2, 0) is 0 Å². The fraction of sp³-hybridized carbons (Fsp3) is 0.571. The third-order valence-corrected chi connectivity index (χ3v) is 4.37. The van der Waals surface area contributed by atoms with Crippen LogP contribution in [0.15, 0.2) is 12.1 Å². The maximum atomic E-state index is 11.1. The summed E-state index contributed by atoms with van der Waals surface area (Å²) in [5.74, 6) is -0.289. The van der Waals surface area contributed by atoms with E-state index < -0.39 is 5.97 Å². The maximum Gasteiger partial charge on any atom is 0.335 e. The molecule has 0 aromatic carbocycles. The van der Waals surface area contributed by atoms with Crippen molar-refractivity contribution < 1.29 is 9.90 Å². The molecule has 0 aliphatic carbocycles. The van der Waals surface area contributed by atoms with Crippen LogP contribution in [0.2, 0.25) is 5.15 Å². The Morgan fingerprint density at radius 3 is 2.75 bits per heavy atom. The zero-order valence-corrected chi connectivity index (χ0v) is 12.0. The zero-order valence-electron chi connectivity index (χ0n) is 11.3. The molecular weight excluding hydrogens is 278 g/mol. The molecule has 0 amide bonds. The number of carbonyl (C=O) groups is 1. The molecule has 2 fully saturated rings. The summed E-state index contributed by atoms with van der Waals surface area (Å²) in [4.78, 5) is 20.0. The Hall–Kier alpha value is -1.33. The lowest BCUT2D eigenvalue weighted by atomic mass is 10.2. The van der Waals surface area contributed by atoms with Crippen LogP contribution in [0.1, 0.15) is 29.6 Å². The van der Waals surface area contributed by atoms with E-state index in [1.54, 1.807) is 6.07 Å². The third-order valence-electron chi connectivity index (χ3n) is 4.17. The van der Waals surface area contributed by atoms with Crippen LogP contribution in [0.5, 0.6) is 0 Å². The molecule has 0 radical (unpaired) electrons. The van der Waals surface area contributed by atoms with Gasteiger partial charge in [-0.25, -0.2) is 9.78 Å². The summed E-state index contributed by atoms with van der Waals surface area (Å²) < 4.78 is 0. The number of pyridine rings is 1. The average Bonchev–Trinajstić information content (AvgIpc) is 3.09. The van der Waals surface area contributed by atoms with E-state index in [-0.39, 0.29) is 10.7 Å². The van der Waals surface area contributed by atoms with Gasteiger partial charge >= 0.3 is 5.97 Å². The topological polar surface area (TPSA) is 56.7 Å². The normalized spacial score (nSPS) is 23.4. The molecular formula is C14H18ClN3O2. The fourth-order valence-corrected chi connectivity index (χ4v) is 3.33. The van der Waals surface area contributed by atoms with E-state index in [0.717, 1.165) is 19.5 Å². The molecule has 20 heavy (non-hydrogen) atoms. The maximum absolute atomic E-state index is 11.1. The summed E-state index contributed by atoms with van der Waals surface area (Å²) >= 11 is 5.92. The molecule has 1 N–H and O–H groups in total. The Morgan fingerprint density at radius 2 is 2.05 bits per heavy atom. The first-order valence-corrected chi connectivity index (χ1v) is 7.41. The average molecular weight is 296 g/mol. The largest absolute Gasteiger partial charge is 0.478 e. The molecule has 2 aliphatic rings. The highest BCUT2D eigenvalue weighted by molar-refractivity contribution is 6.29. The number of nitrogens with zero attached hydrogens (tertiary/aromatic N) is 3. The number of carboxylic acids is 1. The minimum atomic E-state index is -0.967. The van der Waals surface area contributed by atoms with E-state index in [9.17, 15) is 4.79 Å². The second kappa shape index (κ2) is 5.58. The molecule has 0 saturated carbocycles. The number of likely N-dealkylation sites (tertiary alicyclic amines) is 1. The highest BCUT2D eigenvalue weighted by Crippen LogP contribution is 2.26. The lowest BCUT2D eigenvalue weighted by molar-refractivity contribution is 0.0697. The van der Waals surface area contributed by atoms with Crippen molar-refractivity contribution in [3.63, 3.8) is 0 Å². The lowest BCUT2D eigenvalue weighted by Crippen LogP contribution is -2.35. The highest BCUT2D eigenvalue weighted by Gasteiger charge is 2.30. The van der Waals surface area contributed by atoms with Crippen molar-refractivity contribution in [1.29, 1.82) is 0 Å². The molecule has 108 valence electrons. The summed E-state index contributed by atoms with van der Waals surface area (Å²) in [7, 11) is 0. The van der Waals surface area contributed by atoms with Crippen LogP contribution < -0.4 is 4.90 Å². The number of aromatic nitrogens is 1. The van der Waals surface area contributed by atoms with Crippen molar-refractivity contribution in [2.24, 2.45) is 0 Å². The standard InChI is InChI=1S/C14H18ClN3O2/c15-12-7-10(14(19)20)8-13(16-12)18-6-3-11(9-18)17-4-1-2-5-17/h7-8,11H,1-6,9H2,(H,19,20). The van der Waals surface area contributed by atoms with Crippen molar-refractivity contribution in [3.05, 3.63) is 22.8 Å². The zero-order chi connectivity index (χ0) is 14.1. The third kappa shape index (κ3) is 2.74. The molecule has 0 bridgehead atoms. The van der Waals surface area contributed by atoms with Crippen LogP contribution in [0.3, 0.4) is 0 Å². The van der Waals surface area contributed by atoms with Gasteiger partial charge in [-0.05, 0) is 44.5 Å². The van der Waals surface area contributed by atoms with Crippen LogP contribution in [0.25, 0.3) is 0 Å². The predicted octanol–water partition coefficient (Wildman–Crippen LogP) is 2.11. The van der Waals surface area contributed by atoms with Crippen molar-refractivity contribution >= 4 is 23.4 Å². The Bertz CT molecular complexity index is 517. The molecule has 0 spiro atoms. The second-order valence-electron chi connectivity index (χ2n) is 5.47. The number of carboxylic acid groups (broad SMARTS) is 1. The molecule has 6 heteroatoms. The second-order valence-corrected chi connectivity index (χ2v) is 5.86. The SMILES string of the molecule is O=C(O)c1cc(Cl)nc(N2CCC(N3CCCC3)C2)c1. The van der Waals surface area contributed by atoms with E-state index >= 15 is 0 Å². The summed E-state index contributed by atoms with van der Waals surface area (Å²) in [6, 6.07) is 3.56.